The average molecular weight is 252 g/mol. The molecule has 104 valence electrons. The third-order valence-corrected chi connectivity index (χ3v) is 3.53. The molecule has 0 radical (unpaired) electrons. The minimum Gasteiger partial charge on any atom is -0.308 e. The Hall–Kier alpha value is -0.630. The maximum Gasteiger partial charge on any atom is 0.116 e. The van der Waals surface area contributed by atoms with E-state index in [9.17, 15) is 5.26 Å². The smallest absolute Gasteiger partial charge is 0.116 e. The van der Waals surface area contributed by atoms with E-state index in [2.05, 4.69) is 49.1 Å². The number of hydrogen-bond acceptors (Lipinski definition) is 4. The first-order chi connectivity index (χ1) is 8.40. The number of nitrogens with one attached hydrogen (secondary N) is 1. The summed E-state index contributed by atoms with van der Waals surface area (Å²) in [4.78, 5) is 4.59. The maximum atomic E-state index is 9.42. The molecule has 1 rings (SSSR count). The molecule has 4 heteroatoms. The van der Waals surface area contributed by atoms with Crippen LogP contribution in [0.1, 0.15) is 33.6 Å². The molecule has 1 saturated carbocycles. The molecule has 0 aliphatic heterocycles. The monoisotopic (exact) mass is 252 g/mol. The third-order valence-electron chi connectivity index (χ3n) is 3.53. The molecule has 1 fully saturated rings. The lowest BCUT2D eigenvalue weighted by Gasteiger charge is -2.35. The Morgan fingerprint density at radius 3 is 2.44 bits per heavy atom. The van der Waals surface area contributed by atoms with Crippen LogP contribution in [0.15, 0.2) is 0 Å². The lowest BCUT2D eigenvalue weighted by Crippen LogP contribution is -2.54. The van der Waals surface area contributed by atoms with Crippen molar-refractivity contribution in [3.05, 3.63) is 0 Å². The van der Waals surface area contributed by atoms with Crippen molar-refractivity contribution >= 4 is 0 Å². The standard InChI is InChI=1S/C14H28N4/c1-6-18(12(2)9-17(4)5)11-14(3,10-15)16-13-7-8-13/h12-13,16H,6-9,11H2,1-5H3. The van der Waals surface area contributed by atoms with Gasteiger partial charge in [0.2, 0.25) is 0 Å². The topological polar surface area (TPSA) is 42.3 Å². The van der Waals surface area contributed by atoms with Gasteiger partial charge in [-0.15, -0.1) is 0 Å². The largest absolute Gasteiger partial charge is 0.308 e. The molecule has 2 atom stereocenters. The molecule has 1 aliphatic carbocycles. The highest BCUT2D eigenvalue weighted by atomic mass is 15.2. The zero-order chi connectivity index (χ0) is 13.8. The van der Waals surface area contributed by atoms with Gasteiger partial charge in [-0.3, -0.25) is 10.2 Å². The number of hydrogen-bond donors (Lipinski definition) is 1. The first-order valence-corrected chi connectivity index (χ1v) is 6.98. The van der Waals surface area contributed by atoms with Gasteiger partial charge in [0, 0.05) is 25.2 Å². The summed E-state index contributed by atoms with van der Waals surface area (Å²) < 4.78 is 0. The fourth-order valence-electron chi connectivity index (χ4n) is 2.42. The van der Waals surface area contributed by atoms with E-state index < -0.39 is 5.54 Å². The summed E-state index contributed by atoms with van der Waals surface area (Å²) in [5.41, 5.74) is -0.419. The van der Waals surface area contributed by atoms with Gasteiger partial charge in [-0.2, -0.15) is 5.26 Å². The Balaban J connectivity index is 2.56. The van der Waals surface area contributed by atoms with Crippen LogP contribution in [-0.4, -0.2) is 61.2 Å². The number of rotatable bonds is 8. The zero-order valence-corrected chi connectivity index (χ0v) is 12.5. The Morgan fingerprint density at radius 1 is 1.44 bits per heavy atom. The van der Waals surface area contributed by atoms with Gasteiger partial charge in [-0.05, 0) is 47.3 Å². The first-order valence-electron chi connectivity index (χ1n) is 6.98. The van der Waals surface area contributed by atoms with Crippen LogP contribution in [0, 0.1) is 11.3 Å². The molecule has 1 N–H and O–H groups in total. The van der Waals surface area contributed by atoms with E-state index in [4.69, 9.17) is 0 Å². The van der Waals surface area contributed by atoms with Crippen molar-refractivity contribution in [3.8, 4) is 6.07 Å². The summed E-state index contributed by atoms with van der Waals surface area (Å²) in [6.07, 6.45) is 2.44. The van der Waals surface area contributed by atoms with E-state index in [1.165, 1.54) is 12.8 Å². The molecular formula is C14H28N4. The SMILES string of the molecule is CCN(CC(C)(C#N)NC1CC1)C(C)CN(C)C. The third kappa shape index (κ3) is 4.93. The van der Waals surface area contributed by atoms with Crippen molar-refractivity contribution in [3.63, 3.8) is 0 Å². The van der Waals surface area contributed by atoms with Crippen LogP contribution < -0.4 is 5.32 Å². The minimum absolute atomic E-state index is 0.419. The molecule has 2 unspecified atom stereocenters. The van der Waals surface area contributed by atoms with Crippen LogP contribution >= 0.6 is 0 Å². The second-order valence-corrected chi connectivity index (χ2v) is 6.04. The zero-order valence-electron chi connectivity index (χ0n) is 12.5. The Morgan fingerprint density at radius 2 is 2.06 bits per heavy atom. The van der Waals surface area contributed by atoms with Crippen LogP contribution in [-0.2, 0) is 0 Å². The van der Waals surface area contributed by atoms with Gasteiger partial charge in [0.15, 0.2) is 0 Å². The van der Waals surface area contributed by atoms with Crippen molar-refractivity contribution in [1.82, 2.24) is 15.1 Å². The van der Waals surface area contributed by atoms with E-state index >= 15 is 0 Å². The quantitative estimate of drug-likeness (QED) is 0.707. The molecule has 0 aromatic heterocycles. The molecule has 0 heterocycles. The molecule has 18 heavy (non-hydrogen) atoms. The molecule has 0 amide bonds. The highest BCUT2D eigenvalue weighted by molar-refractivity contribution is 5.09. The van der Waals surface area contributed by atoms with Crippen molar-refractivity contribution in [2.24, 2.45) is 0 Å². The van der Waals surface area contributed by atoms with E-state index in [0.717, 1.165) is 19.6 Å². The van der Waals surface area contributed by atoms with E-state index in [-0.39, 0.29) is 0 Å². The highest BCUT2D eigenvalue weighted by Crippen LogP contribution is 2.23. The summed E-state index contributed by atoms with van der Waals surface area (Å²) in [5.74, 6) is 0. The van der Waals surface area contributed by atoms with E-state index in [1.807, 2.05) is 6.92 Å². The summed E-state index contributed by atoms with van der Waals surface area (Å²) in [6.45, 7) is 9.23. The summed E-state index contributed by atoms with van der Waals surface area (Å²) in [7, 11) is 4.19. The van der Waals surface area contributed by atoms with Crippen molar-refractivity contribution in [2.45, 2.75) is 51.2 Å². The molecule has 0 saturated heterocycles. The molecule has 1 aliphatic rings. The Bertz CT molecular complexity index is 293. The van der Waals surface area contributed by atoms with Crippen LogP contribution in [0.25, 0.3) is 0 Å². The number of likely N-dealkylation sites (N-methyl/N-ethyl adjacent to an activating group) is 2. The first kappa shape index (κ1) is 15.4. The number of nitriles is 1. The molecule has 0 aromatic rings. The van der Waals surface area contributed by atoms with Gasteiger partial charge < -0.3 is 4.90 Å². The van der Waals surface area contributed by atoms with E-state index in [1.54, 1.807) is 0 Å². The normalized spacial score (nSPS) is 20.8. The number of nitrogens with zero attached hydrogens (tertiary/aromatic N) is 3. The fourth-order valence-corrected chi connectivity index (χ4v) is 2.42. The van der Waals surface area contributed by atoms with Gasteiger partial charge in [0.1, 0.15) is 5.54 Å². The van der Waals surface area contributed by atoms with Gasteiger partial charge in [-0.25, -0.2) is 0 Å². The van der Waals surface area contributed by atoms with Gasteiger partial charge >= 0.3 is 0 Å². The Labute approximate surface area is 112 Å². The van der Waals surface area contributed by atoms with E-state index in [0.29, 0.717) is 12.1 Å². The molecule has 0 bridgehead atoms. The lowest BCUT2D eigenvalue weighted by molar-refractivity contribution is 0.151. The average Bonchev–Trinajstić information content (AvgIpc) is 3.08. The summed E-state index contributed by atoms with van der Waals surface area (Å²) >= 11 is 0. The summed E-state index contributed by atoms with van der Waals surface area (Å²) in [6, 6.07) is 3.49. The second-order valence-electron chi connectivity index (χ2n) is 6.04. The van der Waals surface area contributed by atoms with Crippen LogP contribution in [0.5, 0.6) is 0 Å². The van der Waals surface area contributed by atoms with Gasteiger partial charge in [0.25, 0.3) is 0 Å². The predicted octanol–water partition coefficient (Wildman–Crippen LogP) is 1.29. The highest BCUT2D eigenvalue weighted by Gasteiger charge is 2.34. The Kier molecular flexibility index (Phi) is 5.58. The van der Waals surface area contributed by atoms with Crippen molar-refractivity contribution in [2.75, 3.05) is 33.7 Å². The minimum atomic E-state index is -0.419. The predicted molar refractivity (Wildman–Crippen MR) is 75.4 cm³/mol. The lowest BCUT2D eigenvalue weighted by atomic mass is 10.0. The van der Waals surface area contributed by atoms with Crippen molar-refractivity contribution in [1.29, 1.82) is 5.26 Å². The molecule has 0 aromatic carbocycles. The van der Waals surface area contributed by atoms with Crippen LogP contribution in [0.2, 0.25) is 0 Å². The molecule has 0 spiro atoms. The molecular weight excluding hydrogens is 224 g/mol. The second kappa shape index (κ2) is 6.51. The summed E-state index contributed by atoms with van der Waals surface area (Å²) in [5, 5.41) is 12.9. The fraction of sp³-hybridized carbons (Fsp3) is 0.929. The maximum absolute atomic E-state index is 9.42. The van der Waals surface area contributed by atoms with Gasteiger partial charge in [-0.1, -0.05) is 6.92 Å². The van der Waals surface area contributed by atoms with Crippen LogP contribution in [0.3, 0.4) is 0 Å². The van der Waals surface area contributed by atoms with Gasteiger partial charge in [0.05, 0.1) is 6.07 Å². The van der Waals surface area contributed by atoms with Crippen LogP contribution in [0.4, 0.5) is 0 Å². The van der Waals surface area contributed by atoms with Crippen molar-refractivity contribution < 1.29 is 0 Å². The molecule has 4 nitrogen and oxygen atoms in total.